The number of hydrogen-bond donors (Lipinski definition) is 2. The molecule has 478 valence electrons. The van der Waals surface area contributed by atoms with Crippen molar-refractivity contribution in [2.24, 2.45) is 5.73 Å². The third-order valence-electron chi connectivity index (χ3n) is 16.4. The fourth-order valence-electron chi connectivity index (χ4n) is 12.6. The van der Waals surface area contributed by atoms with E-state index in [9.17, 15) is 59.9 Å². The second-order valence-electron chi connectivity index (χ2n) is 25.8. The van der Waals surface area contributed by atoms with Crippen LogP contribution in [-0.4, -0.2) is 159 Å². The zero-order chi connectivity index (χ0) is 63.6. The number of piperidine rings is 2. The molecule has 2 atom stereocenters. The molecule has 2 saturated heterocycles. The molecule has 0 aromatic heterocycles. The molecule has 0 radical (unpaired) electrons. The van der Waals surface area contributed by atoms with Crippen LogP contribution in [0.3, 0.4) is 0 Å². The molecule has 3 N–H and O–H groups in total. The van der Waals surface area contributed by atoms with Crippen LogP contribution in [0.4, 0.5) is 47.3 Å². The summed E-state index contributed by atoms with van der Waals surface area (Å²) >= 11 is 2.35. The SMILES string of the molecule is CC(C)N(C(=O)c1cc2c(cc1C(F)(F)F)SC1(CCCC1)C(=O)N2CCN)[C@@H]1CCCN(C(=O)OC(C)(C)C)C1.CCC(=O)NCCN1C(=O)C2(CCCC2)Sc2cc(C(F)(F)F)c(C(=O)N(C(C)C)[C@@H]3CCCN(C(=O)OC(C)(C)C)C3)cc21. The Hall–Kier alpha value is -5.43. The van der Waals surface area contributed by atoms with Crippen molar-refractivity contribution in [3.63, 3.8) is 0 Å². The van der Waals surface area contributed by atoms with Gasteiger partial charge in [0.1, 0.15) is 11.2 Å². The van der Waals surface area contributed by atoms with Gasteiger partial charge in [0.15, 0.2) is 0 Å². The predicted octanol–water partition coefficient (Wildman–Crippen LogP) is 11.9. The van der Waals surface area contributed by atoms with Gasteiger partial charge in [-0.3, -0.25) is 24.0 Å². The standard InChI is InChI=1S/C32H45F3N4O5S.C29H41F3N4O4S/c1-7-26(40)36-14-16-38-24-17-22(23(32(33,34)35)18-25(24)45-31(28(38)42)12-8-9-13-31)27(41)39(20(2)3)21-11-10-15-37(19-21)29(43)44-30(4,5)6;1-18(2)36(19-9-8-13-34(17-19)26(39)40-27(3,4)5)24(37)20-15-22-23(16-21(20)29(30,31)32)41-28(10-6-7-11-28)25(38)35(22)14-12-33/h17-18,20-21H,7-16,19H2,1-6H3,(H,36,40);15-16,18-19H,6-14,17,33H2,1-5H3/t21-;19-/m11/s1. The fourth-order valence-corrected chi connectivity index (χ4v) is 15.7. The molecule has 6 aliphatic rings. The minimum absolute atomic E-state index is 0.0697. The number of fused-ring (bicyclic) bond motifs is 2. The molecule has 0 bridgehead atoms. The first-order chi connectivity index (χ1) is 40.0. The van der Waals surface area contributed by atoms with Crippen molar-refractivity contribution >= 4 is 76.6 Å². The summed E-state index contributed by atoms with van der Waals surface area (Å²) in [4.78, 5) is 103. The molecule has 8 rings (SSSR count). The number of anilines is 2. The first-order valence-corrected chi connectivity index (χ1v) is 31.8. The number of likely N-dealkylation sites (tertiary alicyclic amines) is 2. The zero-order valence-corrected chi connectivity index (χ0v) is 53.1. The van der Waals surface area contributed by atoms with Gasteiger partial charge in [0, 0.05) is 80.7 Å². The van der Waals surface area contributed by atoms with Crippen LogP contribution in [0.5, 0.6) is 0 Å². The predicted molar refractivity (Wildman–Crippen MR) is 318 cm³/mol. The lowest BCUT2D eigenvalue weighted by molar-refractivity contribution is -0.139. The third kappa shape index (κ3) is 15.3. The van der Waals surface area contributed by atoms with Gasteiger partial charge in [0.25, 0.3) is 11.8 Å². The summed E-state index contributed by atoms with van der Waals surface area (Å²) in [6, 6.07) is 2.54. The van der Waals surface area contributed by atoms with Gasteiger partial charge in [-0.25, -0.2) is 9.59 Å². The average molecular weight is 1250 g/mol. The number of nitrogens with two attached hydrogens (primary N) is 1. The number of alkyl halides is 6. The highest BCUT2D eigenvalue weighted by Crippen LogP contribution is 2.56. The van der Waals surface area contributed by atoms with Crippen molar-refractivity contribution in [2.75, 3.05) is 62.2 Å². The Morgan fingerprint density at radius 2 is 1.00 bits per heavy atom. The highest BCUT2D eigenvalue weighted by molar-refractivity contribution is 8.02. The molecular weight excluding hydrogens is 1170 g/mol. The molecule has 86 heavy (non-hydrogen) atoms. The molecule has 17 nitrogen and oxygen atoms in total. The summed E-state index contributed by atoms with van der Waals surface area (Å²) in [5, 5.41) is 2.75. The molecule has 7 amide bonds. The maximum absolute atomic E-state index is 14.7. The van der Waals surface area contributed by atoms with E-state index in [0.717, 1.165) is 49.6 Å². The number of halogens is 6. The molecule has 2 aliphatic carbocycles. The van der Waals surface area contributed by atoms with Crippen molar-refractivity contribution in [2.45, 2.75) is 227 Å². The summed E-state index contributed by atoms with van der Waals surface area (Å²) in [7, 11) is 0. The van der Waals surface area contributed by atoms with Crippen LogP contribution < -0.4 is 20.9 Å². The molecule has 0 unspecified atom stereocenters. The lowest BCUT2D eigenvalue weighted by Gasteiger charge is -2.43. The van der Waals surface area contributed by atoms with Crippen molar-refractivity contribution in [1.29, 1.82) is 0 Å². The van der Waals surface area contributed by atoms with Gasteiger partial charge in [-0.2, -0.15) is 26.3 Å². The number of rotatable bonds is 12. The lowest BCUT2D eigenvalue weighted by Crippen LogP contribution is -2.55. The monoisotopic (exact) mass is 1250 g/mol. The summed E-state index contributed by atoms with van der Waals surface area (Å²) in [5.41, 5.74) is 1.82. The number of thioether (sulfide) groups is 2. The van der Waals surface area contributed by atoms with Gasteiger partial charge in [-0.15, -0.1) is 23.5 Å². The first kappa shape index (κ1) is 68.1. The number of carbonyl (C=O) groups is 7. The Bertz CT molecular complexity index is 2860. The van der Waals surface area contributed by atoms with Crippen molar-refractivity contribution in [3.05, 3.63) is 46.5 Å². The number of nitrogens with zero attached hydrogens (tertiary/aromatic N) is 6. The van der Waals surface area contributed by atoms with Crippen LogP contribution in [0.25, 0.3) is 0 Å². The minimum atomic E-state index is -4.83. The number of carbonyl (C=O) groups excluding carboxylic acids is 7. The van der Waals surface area contributed by atoms with Gasteiger partial charge in [-0.05, 0) is 145 Å². The molecule has 4 fully saturated rings. The van der Waals surface area contributed by atoms with E-state index < -0.39 is 103 Å². The molecule has 4 heterocycles. The van der Waals surface area contributed by atoms with Crippen LogP contribution in [-0.2, 0) is 36.2 Å². The van der Waals surface area contributed by atoms with Gasteiger partial charge < -0.3 is 49.9 Å². The van der Waals surface area contributed by atoms with E-state index in [1.807, 2.05) is 0 Å². The van der Waals surface area contributed by atoms with Gasteiger partial charge >= 0.3 is 24.5 Å². The molecule has 2 aromatic carbocycles. The van der Waals surface area contributed by atoms with Crippen LogP contribution in [0, 0.1) is 0 Å². The zero-order valence-electron chi connectivity index (χ0n) is 51.5. The Kier molecular flexibility index (Phi) is 21.2. The van der Waals surface area contributed by atoms with Gasteiger partial charge in [-0.1, -0.05) is 32.6 Å². The smallest absolute Gasteiger partial charge is 0.417 e. The van der Waals surface area contributed by atoms with E-state index in [4.69, 9.17) is 15.2 Å². The van der Waals surface area contributed by atoms with E-state index in [1.165, 1.54) is 53.3 Å². The van der Waals surface area contributed by atoms with Crippen LogP contribution in [0.15, 0.2) is 34.1 Å². The second-order valence-corrected chi connectivity index (χ2v) is 28.6. The Balaban J connectivity index is 0.000000247. The quantitative estimate of drug-likeness (QED) is 0.191. The van der Waals surface area contributed by atoms with E-state index >= 15 is 0 Å². The van der Waals surface area contributed by atoms with E-state index in [-0.39, 0.29) is 69.1 Å². The van der Waals surface area contributed by atoms with Gasteiger partial charge in [0.05, 0.1) is 55.2 Å². The number of benzene rings is 2. The van der Waals surface area contributed by atoms with Crippen molar-refractivity contribution < 1.29 is 69.4 Å². The lowest BCUT2D eigenvalue weighted by atomic mass is 9.97. The summed E-state index contributed by atoms with van der Waals surface area (Å²) in [6.45, 7) is 20.8. The molecule has 25 heteroatoms. The molecule has 2 aromatic rings. The number of amides is 7. The number of nitrogens with one attached hydrogen (secondary N) is 1. The summed E-state index contributed by atoms with van der Waals surface area (Å²) in [5.74, 6) is -2.15. The number of ether oxygens (including phenoxy) is 2. The van der Waals surface area contributed by atoms with Crippen molar-refractivity contribution in [1.82, 2.24) is 24.9 Å². The minimum Gasteiger partial charge on any atom is -0.444 e. The largest absolute Gasteiger partial charge is 0.444 e. The fraction of sp³-hybridized carbons (Fsp3) is 0.689. The van der Waals surface area contributed by atoms with E-state index in [2.05, 4.69) is 5.32 Å². The molecular formula is C61H86F6N8O9S2. The Labute approximate surface area is 509 Å². The average Bonchev–Trinajstić information content (AvgIpc) is 1.13. The number of hydrogen-bond acceptors (Lipinski definition) is 12. The van der Waals surface area contributed by atoms with Crippen molar-refractivity contribution in [3.8, 4) is 0 Å². The van der Waals surface area contributed by atoms with Gasteiger partial charge in [0.2, 0.25) is 17.7 Å². The van der Waals surface area contributed by atoms with Crippen LogP contribution in [0.2, 0.25) is 0 Å². The molecule has 2 spiro atoms. The molecule has 2 saturated carbocycles. The first-order valence-electron chi connectivity index (χ1n) is 30.2. The normalized spacial score (nSPS) is 20.4. The second kappa shape index (κ2) is 26.7. The summed E-state index contributed by atoms with van der Waals surface area (Å²) in [6.07, 6.45) is -2.70. The van der Waals surface area contributed by atoms with Crippen LogP contribution >= 0.6 is 23.5 Å². The van der Waals surface area contributed by atoms with E-state index in [0.29, 0.717) is 79.9 Å². The Morgan fingerprint density at radius 1 is 0.628 bits per heavy atom. The third-order valence-corrected chi connectivity index (χ3v) is 19.4. The van der Waals surface area contributed by atoms with E-state index in [1.54, 1.807) is 76.2 Å². The summed E-state index contributed by atoms with van der Waals surface area (Å²) < 4.78 is 97.1. The maximum Gasteiger partial charge on any atom is 0.417 e. The van der Waals surface area contributed by atoms with Crippen LogP contribution in [0.1, 0.15) is 191 Å². The Morgan fingerprint density at radius 3 is 1.33 bits per heavy atom. The molecule has 4 aliphatic heterocycles. The highest BCUT2D eigenvalue weighted by atomic mass is 32.2. The topological polar surface area (TPSA) is 195 Å². The highest BCUT2D eigenvalue weighted by Gasteiger charge is 2.53. The maximum atomic E-state index is 14.7.